The van der Waals surface area contributed by atoms with Crippen molar-refractivity contribution in [2.24, 2.45) is 5.10 Å². The summed E-state index contributed by atoms with van der Waals surface area (Å²) in [5.74, 6) is 1.50. The van der Waals surface area contributed by atoms with Gasteiger partial charge in [0.2, 0.25) is 0 Å². The molecule has 1 amide bonds. The van der Waals surface area contributed by atoms with Gasteiger partial charge in [-0.25, -0.2) is 4.98 Å². The maximum Gasteiger partial charge on any atom is 0.282 e. The lowest BCUT2D eigenvalue weighted by atomic mass is 9.96. The lowest BCUT2D eigenvalue weighted by Crippen LogP contribution is -2.21. The van der Waals surface area contributed by atoms with Crippen molar-refractivity contribution >= 4 is 44.6 Å². The Balaban J connectivity index is 1.54. The highest BCUT2D eigenvalue weighted by molar-refractivity contribution is 9.10. The van der Waals surface area contributed by atoms with Gasteiger partial charge < -0.3 is 14.8 Å². The fourth-order valence-electron chi connectivity index (χ4n) is 4.82. The molecule has 4 aromatic carbocycles. The number of aryl methyl sites for hydroxylation is 2. The molecular formula is C35H33BrN4O4. The number of nitrogens with zero attached hydrogens (tertiary/aromatic N) is 3. The van der Waals surface area contributed by atoms with Crippen molar-refractivity contribution in [2.75, 3.05) is 19.0 Å². The van der Waals surface area contributed by atoms with Crippen LogP contribution < -0.4 is 20.3 Å². The van der Waals surface area contributed by atoms with Crippen molar-refractivity contribution in [3.05, 3.63) is 116 Å². The maximum atomic E-state index is 13.8. The largest absolute Gasteiger partial charge is 0.496 e. The third-order valence-corrected chi connectivity index (χ3v) is 7.66. The molecule has 1 heterocycles. The van der Waals surface area contributed by atoms with Crippen LogP contribution in [0, 0.1) is 13.8 Å². The first-order chi connectivity index (χ1) is 21.1. The monoisotopic (exact) mass is 652 g/mol. The minimum absolute atomic E-state index is 0.179. The number of methoxy groups -OCH3 is 1. The fourth-order valence-corrected chi connectivity index (χ4v) is 5.20. The molecule has 9 heteroatoms. The molecule has 0 spiro atoms. The van der Waals surface area contributed by atoms with Crippen LogP contribution in [0.25, 0.3) is 22.3 Å². The standard InChI is InChI=1S/C35H33BrN4O4/c1-21(2)28-18-29(23(4)16-32(28)43-5)34-39-30-9-7-6-8-27(30)35(42)40(34)37-19-24-17-25(36)12-15-31(24)44-20-33(41)38-26-13-10-22(3)11-14-26/h6-19,21H,20H2,1-5H3,(H,38,41). The molecule has 0 aliphatic carbocycles. The zero-order valence-corrected chi connectivity index (χ0v) is 26.8. The zero-order valence-electron chi connectivity index (χ0n) is 25.2. The van der Waals surface area contributed by atoms with Crippen molar-refractivity contribution in [1.82, 2.24) is 9.66 Å². The highest BCUT2D eigenvalue weighted by Gasteiger charge is 2.18. The molecule has 0 fully saturated rings. The van der Waals surface area contributed by atoms with E-state index in [1.165, 1.54) is 4.68 Å². The quantitative estimate of drug-likeness (QED) is 0.167. The molecule has 5 aromatic rings. The van der Waals surface area contributed by atoms with Gasteiger partial charge in [-0.3, -0.25) is 9.59 Å². The van der Waals surface area contributed by atoms with Crippen LogP contribution in [0.5, 0.6) is 11.5 Å². The number of aromatic nitrogens is 2. The number of anilines is 1. The molecule has 5 rings (SSSR count). The van der Waals surface area contributed by atoms with Crippen molar-refractivity contribution in [1.29, 1.82) is 0 Å². The smallest absolute Gasteiger partial charge is 0.282 e. The Kier molecular flexibility index (Phi) is 9.25. The normalized spacial score (nSPS) is 11.3. The van der Waals surface area contributed by atoms with Gasteiger partial charge in [0.05, 0.1) is 24.2 Å². The first kappa shape index (κ1) is 30.7. The average molecular weight is 654 g/mol. The molecule has 0 radical (unpaired) electrons. The topological polar surface area (TPSA) is 94.8 Å². The van der Waals surface area contributed by atoms with Crippen molar-refractivity contribution in [3.8, 4) is 22.9 Å². The molecule has 44 heavy (non-hydrogen) atoms. The van der Waals surface area contributed by atoms with E-state index in [-0.39, 0.29) is 24.0 Å². The van der Waals surface area contributed by atoms with Crippen LogP contribution in [0.4, 0.5) is 5.69 Å². The van der Waals surface area contributed by atoms with E-state index in [0.717, 1.165) is 32.5 Å². The predicted molar refractivity (Wildman–Crippen MR) is 179 cm³/mol. The zero-order chi connectivity index (χ0) is 31.4. The Morgan fingerprint density at radius 2 is 1.77 bits per heavy atom. The highest BCUT2D eigenvalue weighted by Crippen LogP contribution is 2.34. The summed E-state index contributed by atoms with van der Waals surface area (Å²) in [6.45, 7) is 7.91. The van der Waals surface area contributed by atoms with E-state index < -0.39 is 0 Å². The second-order valence-electron chi connectivity index (χ2n) is 10.8. The molecule has 0 bridgehead atoms. The maximum absolute atomic E-state index is 13.8. The number of carbonyl (C=O) groups excluding carboxylic acids is 1. The Labute approximate surface area is 264 Å². The summed E-state index contributed by atoms with van der Waals surface area (Å²) in [4.78, 5) is 31.4. The molecule has 1 aromatic heterocycles. The van der Waals surface area contributed by atoms with Crippen molar-refractivity contribution < 1.29 is 14.3 Å². The lowest BCUT2D eigenvalue weighted by molar-refractivity contribution is -0.118. The van der Waals surface area contributed by atoms with Crippen LogP contribution in [0.15, 0.2) is 93.2 Å². The third-order valence-electron chi connectivity index (χ3n) is 7.17. The molecule has 1 N–H and O–H groups in total. The summed E-state index contributed by atoms with van der Waals surface area (Å²) in [6, 6.07) is 24.1. The molecule has 0 aliphatic heterocycles. The molecule has 224 valence electrons. The second kappa shape index (κ2) is 13.3. The van der Waals surface area contributed by atoms with Gasteiger partial charge in [0.15, 0.2) is 12.4 Å². The number of carbonyl (C=O) groups is 1. The van der Waals surface area contributed by atoms with Crippen molar-refractivity contribution in [2.45, 2.75) is 33.6 Å². The van der Waals surface area contributed by atoms with Gasteiger partial charge in [0, 0.05) is 21.3 Å². The number of rotatable bonds is 9. The summed E-state index contributed by atoms with van der Waals surface area (Å²) in [7, 11) is 1.65. The molecule has 0 unspecified atom stereocenters. The summed E-state index contributed by atoms with van der Waals surface area (Å²) in [5, 5.41) is 7.93. The Morgan fingerprint density at radius 3 is 2.50 bits per heavy atom. The van der Waals surface area contributed by atoms with E-state index in [1.54, 1.807) is 31.5 Å². The Bertz CT molecular complexity index is 1930. The predicted octanol–water partition coefficient (Wildman–Crippen LogP) is 7.47. The minimum Gasteiger partial charge on any atom is -0.496 e. The number of amides is 1. The molecule has 8 nitrogen and oxygen atoms in total. The number of ether oxygens (including phenoxy) is 2. The summed E-state index contributed by atoms with van der Waals surface area (Å²) < 4.78 is 13.6. The SMILES string of the molecule is COc1cc(C)c(-c2nc3ccccc3c(=O)n2N=Cc2cc(Br)ccc2OCC(=O)Nc2ccc(C)cc2)cc1C(C)C. The number of para-hydroxylation sites is 1. The Morgan fingerprint density at radius 1 is 1.02 bits per heavy atom. The van der Waals surface area contributed by atoms with E-state index in [4.69, 9.17) is 14.5 Å². The first-order valence-corrected chi connectivity index (χ1v) is 15.0. The molecule has 0 aliphatic rings. The summed E-state index contributed by atoms with van der Waals surface area (Å²) >= 11 is 3.51. The van der Waals surface area contributed by atoms with E-state index in [2.05, 4.69) is 40.2 Å². The number of nitrogens with one attached hydrogen (secondary N) is 1. The number of hydrogen-bond acceptors (Lipinski definition) is 6. The summed E-state index contributed by atoms with van der Waals surface area (Å²) in [5.41, 5.74) is 5.29. The average Bonchev–Trinajstić information content (AvgIpc) is 3.01. The highest BCUT2D eigenvalue weighted by atomic mass is 79.9. The van der Waals surface area contributed by atoms with Crippen LogP contribution in [-0.2, 0) is 4.79 Å². The van der Waals surface area contributed by atoms with Gasteiger partial charge in [0.25, 0.3) is 11.5 Å². The van der Waals surface area contributed by atoms with Gasteiger partial charge in [-0.15, -0.1) is 0 Å². The van der Waals surface area contributed by atoms with Crippen LogP contribution in [0.3, 0.4) is 0 Å². The molecular weight excluding hydrogens is 620 g/mol. The van der Waals surface area contributed by atoms with Crippen LogP contribution in [0.1, 0.15) is 42.0 Å². The van der Waals surface area contributed by atoms with Crippen LogP contribution in [-0.4, -0.2) is 35.5 Å². The summed E-state index contributed by atoms with van der Waals surface area (Å²) in [6.07, 6.45) is 1.54. The lowest BCUT2D eigenvalue weighted by Gasteiger charge is -2.17. The van der Waals surface area contributed by atoms with Gasteiger partial charge in [-0.1, -0.05) is 59.6 Å². The number of halogens is 1. The van der Waals surface area contributed by atoms with Gasteiger partial charge in [0.1, 0.15) is 11.5 Å². The van der Waals surface area contributed by atoms with E-state index in [9.17, 15) is 9.59 Å². The van der Waals surface area contributed by atoms with Crippen molar-refractivity contribution in [3.63, 3.8) is 0 Å². The fraction of sp³-hybridized carbons (Fsp3) is 0.200. The van der Waals surface area contributed by atoms with Crippen LogP contribution in [0.2, 0.25) is 0 Å². The molecule has 0 saturated carbocycles. The first-order valence-electron chi connectivity index (χ1n) is 14.2. The third kappa shape index (κ3) is 6.73. The van der Waals surface area contributed by atoms with E-state index in [0.29, 0.717) is 33.7 Å². The minimum atomic E-state index is -0.307. The van der Waals surface area contributed by atoms with Gasteiger partial charge in [-0.2, -0.15) is 9.78 Å². The number of fused-ring (bicyclic) bond motifs is 1. The van der Waals surface area contributed by atoms with Crippen LogP contribution >= 0.6 is 15.9 Å². The second-order valence-corrected chi connectivity index (χ2v) is 11.7. The molecule has 0 atom stereocenters. The van der Waals surface area contributed by atoms with Gasteiger partial charge in [-0.05, 0) is 85.5 Å². The Hall–Kier alpha value is -4.76. The van der Waals surface area contributed by atoms with Gasteiger partial charge >= 0.3 is 0 Å². The molecule has 0 saturated heterocycles. The van der Waals surface area contributed by atoms with E-state index >= 15 is 0 Å². The number of hydrogen-bond donors (Lipinski definition) is 1. The number of benzene rings is 4. The van der Waals surface area contributed by atoms with E-state index in [1.807, 2.05) is 74.5 Å².